The molecule has 1 aliphatic carbocycles. The molecule has 0 aromatic carbocycles. The lowest BCUT2D eigenvalue weighted by Crippen LogP contribution is -2.73. The molecule has 2 fully saturated rings. The Hall–Kier alpha value is -3.72. The summed E-state index contributed by atoms with van der Waals surface area (Å²) >= 11 is 0.976. The molecule has 2 atom stereocenters. The molecule has 2 aromatic heterocycles. The number of nitrogen functional groups attached to an aromatic ring is 1. The maximum Gasteiger partial charge on any atom is 0.362 e. The van der Waals surface area contributed by atoms with Gasteiger partial charge in [0.2, 0.25) is 5.60 Å². The van der Waals surface area contributed by atoms with Crippen molar-refractivity contribution in [2.75, 3.05) is 18.8 Å². The first-order chi connectivity index (χ1) is 18.4. The van der Waals surface area contributed by atoms with E-state index in [-0.39, 0.29) is 34.5 Å². The lowest BCUT2D eigenvalue weighted by Gasteiger charge is -2.43. The van der Waals surface area contributed by atoms with E-state index >= 15 is 0 Å². The predicted molar refractivity (Wildman–Crippen MR) is 133 cm³/mol. The maximum atomic E-state index is 13.2. The van der Waals surface area contributed by atoms with Crippen LogP contribution in [0, 0.1) is 0 Å². The van der Waals surface area contributed by atoms with Crippen LogP contribution in [-0.4, -0.2) is 96.6 Å². The van der Waals surface area contributed by atoms with Gasteiger partial charge in [0.25, 0.3) is 11.8 Å². The number of hydrogen-bond acceptors (Lipinski definition) is 14. The van der Waals surface area contributed by atoms with Gasteiger partial charge in [-0.2, -0.15) is 23.4 Å². The number of β-lactam (4-membered cyclic amide) rings is 1. The molecule has 39 heavy (non-hydrogen) atoms. The number of carboxylic acid groups (broad SMARTS) is 1. The number of hydrogen-bond donors (Lipinski definition) is 6. The average Bonchev–Trinajstić information content (AvgIpc) is 3.33. The molecule has 4 rings (SSSR count). The molecule has 0 spiro atoms. The van der Waals surface area contributed by atoms with Crippen molar-refractivity contribution in [3.63, 3.8) is 0 Å². The zero-order valence-electron chi connectivity index (χ0n) is 20.3. The van der Waals surface area contributed by atoms with Gasteiger partial charge in [-0.1, -0.05) is 5.16 Å². The van der Waals surface area contributed by atoms with Crippen LogP contribution in [-0.2, 0) is 42.6 Å². The molecule has 1 saturated carbocycles. The smallest absolute Gasteiger partial charge is 0.362 e. The monoisotopic (exact) mass is 586 g/mol. The van der Waals surface area contributed by atoms with Crippen LogP contribution in [0.5, 0.6) is 0 Å². The molecule has 1 aliphatic heterocycles. The highest BCUT2D eigenvalue weighted by Crippen LogP contribution is 2.40. The number of rotatable bonds is 14. The number of oxime groups is 1. The summed E-state index contributed by atoms with van der Waals surface area (Å²) in [6, 6.07) is -2.73. The number of anilines is 1. The summed E-state index contributed by atoms with van der Waals surface area (Å²) in [5.74, 6) is -3.39. The number of aromatic nitrogens is 4. The molecule has 3 heterocycles. The number of carboxylic acids is 1. The summed E-state index contributed by atoms with van der Waals surface area (Å²) in [6.07, 6.45) is 2.54. The minimum absolute atomic E-state index is 0.0494. The van der Waals surface area contributed by atoms with Crippen LogP contribution in [0.2, 0.25) is 0 Å². The van der Waals surface area contributed by atoms with Gasteiger partial charge in [-0.15, -0.1) is 11.3 Å². The fraction of sp³-hybridized carbons (Fsp3) is 0.526. The van der Waals surface area contributed by atoms with E-state index < -0.39 is 51.5 Å². The molecule has 0 unspecified atom stereocenters. The van der Waals surface area contributed by atoms with E-state index in [1.165, 1.54) is 11.6 Å². The number of nitrogens with one attached hydrogen (secondary N) is 2. The van der Waals surface area contributed by atoms with Crippen LogP contribution < -0.4 is 22.1 Å². The molecule has 1 saturated heterocycles. The molecule has 2 aliphatic rings. The first-order valence-electron chi connectivity index (χ1n) is 11.6. The summed E-state index contributed by atoms with van der Waals surface area (Å²) in [4.78, 5) is 47.5. The molecule has 18 nitrogen and oxygen atoms in total. The Kier molecular flexibility index (Phi) is 8.11. The van der Waals surface area contributed by atoms with Gasteiger partial charge >= 0.3 is 16.3 Å². The second-order valence-corrected chi connectivity index (χ2v) is 10.9. The largest absolute Gasteiger partial charge is 0.478 e. The molecule has 0 radical (unpaired) electrons. The number of aliphatic carboxylic acids is 1. The van der Waals surface area contributed by atoms with E-state index in [1.54, 1.807) is 0 Å². The molecule has 2 amide bonds. The third kappa shape index (κ3) is 6.30. The van der Waals surface area contributed by atoms with Crippen molar-refractivity contribution in [2.45, 2.75) is 50.0 Å². The zero-order chi connectivity index (χ0) is 28.4. The SMILES string of the molecule is NCCCNCc1cnn(C[C@@H]2[C@H](NC(=O)C(=NOC3(C(=O)O)CC3)c3csc(N)n3)C(=O)N2S(=O)(=O)O)n1. The van der Waals surface area contributed by atoms with Gasteiger partial charge < -0.3 is 32.0 Å². The Morgan fingerprint density at radius 1 is 1.36 bits per heavy atom. The van der Waals surface area contributed by atoms with Gasteiger partial charge in [0, 0.05) is 24.8 Å². The van der Waals surface area contributed by atoms with Crippen LogP contribution >= 0.6 is 11.3 Å². The van der Waals surface area contributed by atoms with Crippen molar-refractivity contribution in [2.24, 2.45) is 10.9 Å². The minimum Gasteiger partial charge on any atom is -0.478 e. The van der Waals surface area contributed by atoms with Gasteiger partial charge in [0.15, 0.2) is 10.8 Å². The lowest BCUT2D eigenvalue weighted by atomic mass is 9.98. The van der Waals surface area contributed by atoms with Crippen molar-refractivity contribution in [1.29, 1.82) is 0 Å². The normalized spacial score (nSPS) is 20.4. The first kappa shape index (κ1) is 28.3. The Labute approximate surface area is 225 Å². The second kappa shape index (κ2) is 11.2. The quantitative estimate of drug-likeness (QED) is 0.0432. The molecule has 2 aromatic rings. The molecule has 212 valence electrons. The van der Waals surface area contributed by atoms with E-state index in [1.807, 2.05) is 0 Å². The van der Waals surface area contributed by atoms with E-state index in [2.05, 4.69) is 31.0 Å². The topological polar surface area (TPSA) is 270 Å². The van der Waals surface area contributed by atoms with Crippen molar-refractivity contribution in [3.8, 4) is 0 Å². The highest BCUT2D eigenvalue weighted by Gasteiger charge is 2.56. The lowest BCUT2D eigenvalue weighted by molar-refractivity contribution is -0.153. The van der Waals surface area contributed by atoms with Crippen LogP contribution in [0.4, 0.5) is 5.13 Å². The average molecular weight is 587 g/mol. The van der Waals surface area contributed by atoms with E-state index in [9.17, 15) is 32.5 Å². The van der Waals surface area contributed by atoms with Gasteiger partial charge in [0.05, 0.1) is 18.4 Å². The molecule has 20 heteroatoms. The van der Waals surface area contributed by atoms with Crippen molar-refractivity contribution >= 4 is 50.3 Å². The first-order valence-corrected chi connectivity index (χ1v) is 13.8. The van der Waals surface area contributed by atoms with Crippen molar-refractivity contribution in [1.82, 2.24) is 34.9 Å². The predicted octanol–water partition coefficient (Wildman–Crippen LogP) is -2.71. The number of nitrogens with two attached hydrogens (primary N) is 2. The van der Waals surface area contributed by atoms with E-state index in [0.717, 1.165) is 22.6 Å². The Balaban J connectivity index is 1.51. The van der Waals surface area contributed by atoms with Crippen LogP contribution in [0.15, 0.2) is 16.7 Å². The van der Waals surface area contributed by atoms with Crippen molar-refractivity contribution < 1.29 is 37.3 Å². The van der Waals surface area contributed by atoms with Gasteiger partial charge in [0.1, 0.15) is 17.8 Å². The van der Waals surface area contributed by atoms with Gasteiger partial charge in [-0.3, -0.25) is 14.1 Å². The molecular weight excluding hydrogens is 560 g/mol. The van der Waals surface area contributed by atoms with Crippen LogP contribution in [0.1, 0.15) is 30.7 Å². The second-order valence-electron chi connectivity index (χ2n) is 8.74. The van der Waals surface area contributed by atoms with Crippen LogP contribution in [0.25, 0.3) is 0 Å². The van der Waals surface area contributed by atoms with Gasteiger partial charge in [-0.25, -0.2) is 14.1 Å². The summed E-state index contributed by atoms with van der Waals surface area (Å²) in [7, 11) is -4.97. The molecular formula is C19H26N10O8S2. The Morgan fingerprint density at radius 3 is 2.69 bits per heavy atom. The Morgan fingerprint density at radius 2 is 2.10 bits per heavy atom. The Bertz CT molecular complexity index is 1390. The summed E-state index contributed by atoms with van der Waals surface area (Å²) in [5.41, 5.74) is 9.52. The number of carbonyl (C=O) groups excluding carboxylic acids is 2. The molecule has 8 N–H and O–H groups in total. The fourth-order valence-electron chi connectivity index (χ4n) is 3.65. The zero-order valence-corrected chi connectivity index (χ0v) is 21.9. The van der Waals surface area contributed by atoms with Crippen LogP contribution in [0.3, 0.4) is 0 Å². The number of thiazole rings is 1. The summed E-state index contributed by atoms with van der Waals surface area (Å²) in [5, 5.41) is 28.2. The number of amides is 2. The third-order valence-electron chi connectivity index (χ3n) is 5.89. The molecule has 0 bridgehead atoms. The van der Waals surface area contributed by atoms with E-state index in [4.69, 9.17) is 16.3 Å². The summed E-state index contributed by atoms with van der Waals surface area (Å²) in [6.45, 7) is 1.23. The summed E-state index contributed by atoms with van der Waals surface area (Å²) < 4.78 is 33.5. The maximum absolute atomic E-state index is 13.2. The van der Waals surface area contributed by atoms with E-state index in [0.29, 0.717) is 25.3 Å². The fourth-order valence-corrected chi connectivity index (χ4v) is 5.07. The highest BCUT2D eigenvalue weighted by atomic mass is 32.2. The standard InChI is InChI=1S/C19H26N10O8S2/c20-4-1-5-22-6-10-7-23-28(26-10)8-12-14(16(31)29(12)39(34,35)36)25-15(30)13(11-9-38-18(21)24-11)27-37-19(2-3-19)17(32)33/h7,9,12,14,22H,1-6,8,20H2,(H2,21,24)(H,25,30)(H,32,33)(H,34,35,36)/t12-,14+/m1/s1. The number of nitrogens with zero attached hydrogens (tertiary/aromatic N) is 6. The third-order valence-corrected chi connectivity index (χ3v) is 7.51. The van der Waals surface area contributed by atoms with Gasteiger partial charge in [-0.05, 0) is 19.5 Å². The number of carbonyl (C=O) groups is 3. The minimum atomic E-state index is -4.97. The van der Waals surface area contributed by atoms with Crippen molar-refractivity contribution in [3.05, 3.63) is 23.0 Å². The highest BCUT2D eigenvalue weighted by molar-refractivity contribution is 7.84.